The van der Waals surface area contributed by atoms with E-state index in [0.29, 0.717) is 0 Å². The summed E-state index contributed by atoms with van der Waals surface area (Å²) in [6, 6.07) is -0.240. The molecule has 0 radical (unpaired) electrons. The van der Waals surface area contributed by atoms with Gasteiger partial charge in [0.05, 0.1) is 0 Å². The first-order valence-electron chi connectivity index (χ1n) is 7.84. The summed E-state index contributed by atoms with van der Waals surface area (Å²) < 4.78 is 0. The van der Waals surface area contributed by atoms with E-state index >= 15 is 0 Å². The Bertz CT molecular complexity index is 352. The van der Waals surface area contributed by atoms with E-state index in [0.717, 1.165) is 38.0 Å². The lowest BCUT2D eigenvalue weighted by atomic mass is 9.72. The van der Waals surface area contributed by atoms with Crippen LogP contribution in [-0.4, -0.2) is 34.3 Å². The highest BCUT2D eigenvalue weighted by molar-refractivity contribution is 8.13. The predicted octanol–water partition coefficient (Wildman–Crippen LogP) is 3.72. The van der Waals surface area contributed by atoms with Crippen molar-refractivity contribution in [3.8, 4) is 0 Å². The zero-order chi connectivity index (χ0) is 15.3. The molecule has 4 heteroatoms. The number of hydrogen-bond donors (Lipinski definition) is 0. The molecule has 3 nitrogen and oxygen atoms in total. The van der Waals surface area contributed by atoms with E-state index < -0.39 is 0 Å². The molecule has 1 fully saturated rings. The van der Waals surface area contributed by atoms with Crippen LogP contribution in [0.2, 0.25) is 0 Å². The fourth-order valence-electron chi connectivity index (χ4n) is 3.33. The molecule has 0 aliphatic carbocycles. The molecule has 1 heterocycles. The number of rotatable bonds is 5. The van der Waals surface area contributed by atoms with Gasteiger partial charge in [0, 0.05) is 12.5 Å². The van der Waals surface area contributed by atoms with Crippen LogP contribution in [0, 0.1) is 11.3 Å². The number of thioether (sulfide) groups is 1. The van der Waals surface area contributed by atoms with Gasteiger partial charge >= 0.3 is 0 Å². The lowest BCUT2D eigenvalue weighted by Crippen LogP contribution is -2.57. The highest BCUT2D eigenvalue weighted by Crippen LogP contribution is 2.42. The van der Waals surface area contributed by atoms with E-state index in [2.05, 4.69) is 13.8 Å². The van der Waals surface area contributed by atoms with Crippen LogP contribution in [0.5, 0.6) is 0 Å². The first-order valence-corrected chi connectivity index (χ1v) is 8.83. The Morgan fingerprint density at radius 1 is 1.35 bits per heavy atom. The summed E-state index contributed by atoms with van der Waals surface area (Å²) in [5.74, 6) is 0.865. The van der Waals surface area contributed by atoms with Crippen molar-refractivity contribution >= 4 is 22.8 Å². The van der Waals surface area contributed by atoms with Crippen molar-refractivity contribution in [2.24, 2.45) is 11.3 Å². The van der Waals surface area contributed by atoms with Crippen molar-refractivity contribution in [1.29, 1.82) is 0 Å². The van der Waals surface area contributed by atoms with Crippen molar-refractivity contribution in [1.82, 2.24) is 4.90 Å². The number of likely N-dealkylation sites (tertiary alicyclic amines) is 1. The van der Waals surface area contributed by atoms with Crippen LogP contribution in [0.15, 0.2) is 0 Å². The molecule has 1 amide bonds. The molecule has 0 aromatic heterocycles. The largest absolute Gasteiger partial charge is 0.331 e. The van der Waals surface area contributed by atoms with Gasteiger partial charge in [0.1, 0.15) is 6.04 Å². The molecule has 116 valence electrons. The average Bonchev–Trinajstić information content (AvgIpc) is 2.37. The fourth-order valence-corrected chi connectivity index (χ4v) is 4.18. The van der Waals surface area contributed by atoms with E-state index in [1.165, 1.54) is 11.8 Å². The van der Waals surface area contributed by atoms with Crippen molar-refractivity contribution in [3.63, 3.8) is 0 Å². The van der Waals surface area contributed by atoms with Crippen molar-refractivity contribution in [3.05, 3.63) is 0 Å². The summed E-state index contributed by atoms with van der Waals surface area (Å²) in [4.78, 5) is 26.9. The quantitative estimate of drug-likeness (QED) is 0.776. The minimum absolute atomic E-state index is 0.0408. The fraction of sp³-hybridized carbons (Fsp3) is 0.875. The molecule has 1 aliphatic rings. The van der Waals surface area contributed by atoms with Gasteiger partial charge in [-0.15, -0.1) is 0 Å². The second-order valence-corrected chi connectivity index (χ2v) is 7.62. The molecular formula is C16H29NO2S. The number of hydrogen-bond acceptors (Lipinski definition) is 3. The smallest absolute Gasteiger partial charge is 0.225 e. The van der Waals surface area contributed by atoms with Gasteiger partial charge in [0.2, 0.25) is 11.0 Å². The summed E-state index contributed by atoms with van der Waals surface area (Å²) >= 11 is 1.37. The molecule has 1 rings (SSSR count). The molecule has 0 N–H and O–H groups in total. The first-order chi connectivity index (χ1) is 9.37. The maximum Gasteiger partial charge on any atom is 0.225 e. The van der Waals surface area contributed by atoms with Crippen LogP contribution in [0.1, 0.15) is 60.3 Å². The number of carbonyl (C=O) groups is 2. The molecule has 0 saturated carbocycles. The van der Waals surface area contributed by atoms with E-state index in [-0.39, 0.29) is 28.4 Å². The third-order valence-electron chi connectivity index (χ3n) is 4.23. The summed E-state index contributed by atoms with van der Waals surface area (Å²) in [6.07, 6.45) is 4.12. The maximum atomic E-state index is 12.6. The first kappa shape index (κ1) is 17.5. The zero-order valence-corrected chi connectivity index (χ0v) is 14.4. The monoisotopic (exact) mass is 299 g/mol. The second-order valence-electron chi connectivity index (χ2n) is 6.35. The molecule has 0 aromatic rings. The van der Waals surface area contributed by atoms with E-state index in [1.807, 2.05) is 25.7 Å². The molecule has 0 spiro atoms. The summed E-state index contributed by atoms with van der Waals surface area (Å²) in [6.45, 7) is 10.9. The van der Waals surface area contributed by atoms with Gasteiger partial charge in [-0.2, -0.15) is 0 Å². The van der Waals surface area contributed by atoms with E-state index in [4.69, 9.17) is 0 Å². The molecule has 0 aromatic carbocycles. The lowest BCUT2D eigenvalue weighted by molar-refractivity contribution is -0.147. The molecule has 1 aliphatic heterocycles. The van der Waals surface area contributed by atoms with E-state index in [9.17, 15) is 9.59 Å². The van der Waals surface area contributed by atoms with Gasteiger partial charge in [-0.05, 0) is 30.4 Å². The molecule has 20 heavy (non-hydrogen) atoms. The third kappa shape index (κ3) is 3.78. The molecule has 0 bridgehead atoms. The highest BCUT2D eigenvalue weighted by Gasteiger charge is 2.46. The lowest BCUT2D eigenvalue weighted by Gasteiger charge is -2.47. The normalized spacial score (nSPS) is 26.9. The van der Waals surface area contributed by atoms with Crippen LogP contribution >= 0.6 is 11.8 Å². The minimum atomic E-state index is -0.240. The van der Waals surface area contributed by atoms with Gasteiger partial charge in [0.25, 0.3) is 0 Å². The molecule has 2 unspecified atom stereocenters. The molecular weight excluding hydrogens is 270 g/mol. The highest BCUT2D eigenvalue weighted by atomic mass is 32.2. The standard InChI is InChI=1S/C16H29NO2S/c1-6-9-16(5)10-8-11-17(14(18)12(3)4)13(16)15(19)20-7-2/h12-13H,6-11H2,1-5H3. The molecule has 2 atom stereocenters. The number of nitrogens with zero attached hydrogens (tertiary/aromatic N) is 1. The average molecular weight is 299 g/mol. The second kappa shape index (κ2) is 7.48. The van der Waals surface area contributed by atoms with Crippen LogP contribution in [0.25, 0.3) is 0 Å². The summed E-state index contributed by atoms with van der Waals surface area (Å²) in [5.41, 5.74) is -0.0587. The van der Waals surface area contributed by atoms with E-state index in [1.54, 1.807) is 0 Å². The minimum Gasteiger partial charge on any atom is -0.331 e. The van der Waals surface area contributed by atoms with Crippen molar-refractivity contribution in [2.75, 3.05) is 12.3 Å². The van der Waals surface area contributed by atoms with Crippen LogP contribution < -0.4 is 0 Å². The van der Waals surface area contributed by atoms with Crippen molar-refractivity contribution < 1.29 is 9.59 Å². The van der Waals surface area contributed by atoms with Gasteiger partial charge < -0.3 is 4.90 Å². The summed E-state index contributed by atoms with van der Waals surface area (Å²) in [7, 11) is 0. The van der Waals surface area contributed by atoms with Gasteiger partial charge in [-0.3, -0.25) is 9.59 Å². The topological polar surface area (TPSA) is 37.4 Å². The predicted molar refractivity (Wildman–Crippen MR) is 85.7 cm³/mol. The Morgan fingerprint density at radius 3 is 2.50 bits per heavy atom. The summed E-state index contributed by atoms with van der Waals surface area (Å²) in [5, 5.41) is 0.178. The van der Waals surface area contributed by atoms with Gasteiger partial charge in [0.15, 0.2) is 0 Å². The number of piperidine rings is 1. The third-order valence-corrected chi connectivity index (χ3v) is 5.02. The van der Waals surface area contributed by atoms with Gasteiger partial charge in [-0.25, -0.2) is 0 Å². The Hall–Kier alpha value is -0.510. The van der Waals surface area contributed by atoms with Crippen LogP contribution in [0.3, 0.4) is 0 Å². The molecule has 1 saturated heterocycles. The number of amides is 1. The maximum absolute atomic E-state index is 12.6. The van der Waals surface area contributed by atoms with Crippen LogP contribution in [0.4, 0.5) is 0 Å². The number of carbonyl (C=O) groups excluding carboxylic acids is 2. The Balaban J connectivity index is 3.08. The zero-order valence-electron chi connectivity index (χ0n) is 13.6. The Labute approximate surface area is 127 Å². The SMILES string of the molecule is CCCC1(C)CCCN(C(=O)C(C)C)C1C(=O)SCC. The Morgan fingerprint density at radius 2 is 2.00 bits per heavy atom. The van der Waals surface area contributed by atoms with Gasteiger partial charge in [-0.1, -0.05) is 52.8 Å². The van der Waals surface area contributed by atoms with Crippen molar-refractivity contribution in [2.45, 2.75) is 66.3 Å². The van der Waals surface area contributed by atoms with Crippen LogP contribution in [-0.2, 0) is 9.59 Å². The Kier molecular flexibility index (Phi) is 6.56.